The minimum atomic E-state index is -1.23. The van der Waals surface area contributed by atoms with Crippen LogP contribution in [0, 0.1) is 0 Å². The number of nitrogens with zero attached hydrogens (tertiary/aromatic N) is 1. The SMILES string of the molecule is O=C(O)c1ncc(COc2cccc(O)c2)o1. The summed E-state index contributed by atoms with van der Waals surface area (Å²) in [6, 6.07) is 6.25. The van der Waals surface area contributed by atoms with Gasteiger partial charge in [-0.05, 0) is 12.1 Å². The molecule has 0 radical (unpaired) electrons. The number of ether oxygens (including phenoxy) is 1. The van der Waals surface area contributed by atoms with Crippen molar-refractivity contribution in [2.75, 3.05) is 0 Å². The molecular formula is C11H9NO5. The Hall–Kier alpha value is -2.50. The quantitative estimate of drug-likeness (QED) is 0.837. The molecule has 6 nitrogen and oxygen atoms in total. The molecule has 0 fully saturated rings. The van der Waals surface area contributed by atoms with Crippen LogP contribution in [-0.2, 0) is 6.61 Å². The van der Waals surface area contributed by atoms with Crippen molar-refractivity contribution in [3.8, 4) is 11.5 Å². The Kier molecular flexibility index (Phi) is 2.95. The highest BCUT2D eigenvalue weighted by molar-refractivity contribution is 5.81. The second kappa shape index (κ2) is 4.56. The number of carboxylic acid groups (broad SMARTS) is 1. The Balaban J connectivity index is 2.00. The maximum absolute atomic E-state index is 10.5. The van der Waals surface area contributed by atoms with Gasteiger partial charge in [0.2, 0.25) is 0 Å². The largest absolute Gasteiger partial charge is 0.508 e. The van der Waals surface area contributed by atoms with Crippen molar-refractivity contribution >= 4 is 5.97 Å². The smallest absolute Gasteiger partial charge is 0.392 e. The van der Waals surface area contributed by atoms with Crippen LogP contribution in [0.1, 0.15) is 16.4 Å². The minimum Gasteiger partial charge on any atom is -0.508 e. The minimum absolute atomic E-state index is 0.0454. The third-order valence-corrected chi connectivity index (χ3v) is 1.94. The van der Waals surface area contributed by atoms with E-state index in [-0.39, 0.29) is 18.2 Å². The molecule has 2 N–H and O–H groups in total. The Morgan fingerprint density at radius 2 is 2.29 bits per heavy atom. The van der Waals surface area contributed by atoms with Crippen molar-refractivity contribution < 1.29 is 24.2 Å². The lowest BCUT2D eigenvalue weighted by Crippen LogP contribution is -1.95. The molecule has 0 amide bonds. The average molecular weight is 235 g/mol. The number of carboxylic acids is 1. The summed E-state index contributed by atoms with van der Waals surface area (Å²) in [5.74, 6) is -0.761. The van der Waals surface area contributed by atoms with Crippen LogP contribution in [0.4, 0.5) is 0 Å². The Morgan fingerprint density at radius 3 is 2.94 bits per heavy atom. The Labute approximate surface area is 96.1 Å². The fourth-order valence-corrected chi connectivity index (χ4v) is 1.20. The highest BCUT2D eigenvalue weighted by atomic mass is 16.5. The summed E-state index contributed by atoms with van der Waals surface area (Å²) in [5, 5.41) is 17.8. The summed E-state index contributed by atoms with van der Waals surface area (Å²) in [6.07, 6.45) is 1.28. The summed E-state index contributed by atoms with van der Waals surface area (Å²) in [4.78, 5) is 14.1. The number of aromatic nitrogens is 1. The van der Waals surface area contributed by atoms with E-state index in [0.717, 1.165) is 0 Å². The first-order valence-corrected chi connectivity index (χ1v) is 4.75. The standard InChI is InChI=1S/C11H9NO5/c13-7-2-1-3-8(4-7)16-6-9-5-12-10(17-9)11(14)15/h1-5,13H,6H2,(H,14,15). The van der Waals surface area contributed by atoms with Crippen LogP contribution in [0.15, 0.2) is 34.9 Å². The second-order valence-corrected chi connectivity index (χ2v) is 3.22. The van der Waals surface area contributed by atoms with Crippen molar-refractivity contribution in [1.29, 1.82) is 0 Å². The van der Waals surface area contributed by atoms with Gasteiger partial charge in [0, 0.05) is 6.07 Å². The maximum Gasteiger partial charge on any atom is 0.392 e. The third-order valence-electron chi connectivity index (χ3n) is 1.94. The molecule has 0 bridgehead atoms. The van der Waals surface area contributed by atoms with Crippen molar-refractivity contribution in [3.63, 3.8) is 0 Å². The highest BCUT2D eigenvalue weighted by Gasteiger charge is 2.11. The van der Waals surface area contributed by atoms with E-state index in [1.54, 1.807) is 12.1 Å². The fourth-order valence-electron chi connectivity index (χ4n) is 1.20. The fraction of sp³-hybridized carbons (Fsp3) is 0.0909. The molecule has 2 rings (SSSR count). The number of carbonyl (C=O) groups is 1. The molecule has 0 atom stereocenters. The van der Waals surface area contributed by atoms with Crippen molar-refractivity contribution in [2.45, 2.75) is 6.61 Å². The van der Waals surface area contributed by atoms with E-state index >= 15 is 0 Å². The number of rotatable bonds is 4. The monoisotopic (exact) mass is 235 g/mol. The maximum atomic E-state index is 10.5. The van der Waals surface area contributed by atoms with Crippen LogP contribution in [0.3, 0.4) is 0 Å². The van der Waals surface area contributed by atoms with Gasteiger partial charge in [0.15, 0.2) is 5.76 Å². The zero-order valence-corrected chi connectivity index (χ0v) is 8.66. The number of benzene rings is 1. The van der Waals surface area contributed by atoms with E-state index in [2.05, 4.69) is 4.98 Å². The van der Waals surface area contributed by atoms with Gasteiger partial charge in [-0.1, -0.05) is 6.07 Å². The first-order chi connectivity index (χ1) is 8.15. The number of aromatic hydroxyl groups is 1. The number of phenols is 1. The lowest BCUT2D eigenvalue weighted by Gasteiger charge is -2.03. The molecule has 1 aromatic carbocycles. The predicted octanol–water partition coefficient (Wildman–Crippen LogP) is 1.66. The van der Waals surface area contributed by atoms with Crippen LogP contribution >= 0.6 is 0 Å². The zero-order chi connectivity index (χ0) is 12.3. The highest BCUT2D eigenvalue weighted by Crippen LogP contribution is 2.19. The van der Waals surface area contributed by atoms with Crippen LogP contribution in [0.25, 0.3) is 0 Å². The molecular weight excluding hydrogens is 226 g/mol. The van der Waals surface area contributed by atoms with E-state index in [1.165, 1.54) is 18.3 Å². The third kappa shape index (κ3) is 2.75. The first kappa shape index (κ1) is 11.0. The Morgan fingerprint density at radius 1 is 1.47 bits per heavy atom. The molecule has 1 aromatic heterocycles. The molecule has 0 saturated carbocycles. The van der Waals surface area contributed by atoms with Crippen LogP contribution in [0.5, 0.6) is 11.5 Å². The average Bonchev–Trinajstić information content (AvgIpc) is 2.75. The lowest BCUT2D eigenvalue weighted by atomic mass is 10.3. The Bertz CT molecular complexity index is 534. The molecule has 6 heteroatoms. The first-order valence-electron chi connectivity index (χ1n) is 4.75. The van der Waals surface area contributed by atoms with Crippen LogP contribution in [-0.4, -0.2) is 21.2 Å². The van der Waals surface area contributed by atoms with Crippen molar-refractivity contribution in [2.24, 2.45) is 0 Å². The van der Waals surface area contributed by atoms with Gasteiger partial charge < -0.3 is 19.4 Å². The van der Waals surface area contributed by atoms with E-state index in [4.69, 9.17) is 14.3 Å². The molecule has 1 heterocycles. The van der Waals surface area contributed by atoms with E-state index in [0.29, 0.717) is 11.5 Å². The number of hydrogen-bond acceptors (Lipinski definition) is 5. The topological polar surface area (TPSA) is 92.8 Å². The van der Waals surface area contributed by atoms with E-state index in [1.807, 2.05) is 0 Å². The van der Waals surface area contributed by atoms with E-state index in [9.17, 15) is 9.90 Å². The molecule has 0 aliphatic carbocycles. The van der Waals surface area contributed by atoms with Gasteiger partial charge in [0.25, 0.3) is 0 Å². The van der Waals surface area contributed by atoms with Crippen molar-refractivity contribution in [3.05, 3.63) is 42.1 Å². The van der Waals surface area contributed by atoms with Gasteiger partial charge in [-0.15, -0.1) is 0 Å². The summed E-state index contributed by atoms with van der Waals surface area (Å²) in [6.45, 7) is 0.0454. The molecule has 2 aromatic rings. The number of oxazole rings is 1. The summed E-state index contributed by atoms with van der Waals surface area (Å²) < 4.78 is 10.2. The van der Waals surface area contributed by atoms with Gasteiger partial charge in [-0.25, -0.2) is 9.78 Å². The van der Waals surface area contributed by atoms with E-state index < -0.39 is 5.97 Å². The van der Waals surface area contributed by atoms with Gasteiger partial charge in [-0.2, -0.15) is 0 Å². The lowest BCUT2D eigenvalue weighted by molar-refractivity contribution is 0.0649. The predicted molar refractivity (Wildman–Crippen MR) is 55.9 cm³/mol. The second-order valence-electron chi connectivity index (χ2n) is 3.22. The zero-order valence-electron chi connectivity index (χ0n) is 8.66. The summed E-state index contributed by atoms with van der Waals surface area (Å²) in [5.41, 5.74) is 0. The van der Waals surface area contributed by atoms with Crippen molar-refractivity contribution in [1.82, 2.24) is 4.98 Å². The van der Waals surface area contributed by atoms with Gasteiger partial charge in [0.05, 0.1) is 6.20 Å². The van der Waals surface area contributed by atoms with Gasteiger partial charge in [-0.3, -0.25) is 0 Å². The molecule has 0 spiro atoms. The van der Waals surface area contributed by atoms with Crippen LogP contribution in [0.2, 0.25) is 0 Å². The summed E-state index contributed by atoms with van der Waals surface area (Å²) >= 11 is 0. The molecule has 0 unspecified atom stereocenters. The van der Waals surface area contributed by atoms with Crippen LogP contribution < -0.4 is 4.74 Å². The summed E-state index contributed by atoms with van der Waals surface area (Å²) in [7, 11) is 0. The molecule has 88 valence electrons. The number of aromatic carboxylic acids is 1. The normalized spacial score (nSPS) is 10.1. The van der Waals surface area contributed by atoms with Gasteiger partial charge in [0.1, 0.15) is 18.1 Å². The molecule has 0 aliphatic rings. The molecule has 0 aliphatic heterocycles. The van der Waals surface area contributed by atoms with Gasteiger partial charge >= 0.3 is 11.9 Å². The molecule has 0 saturated heterocycles. The molecule has 17 heavy (non-hydrogen) atoms. The number of hydrogen-bond donors (Lipinski definition) is 2. The number of phenolic OH excluding ortho intramolecular Hbond substituents is 1.